The van der Waals surface area contributed by atoms with Crippen LogP contribution in [0.2, 0.25) is 5.02 Å². The van der Waals surface area contributed by atoms with Gasteiger partial charge in [-0.3, -0.25) is 14.9 Å². The van der Waals surface area contributed by atoms with Gasteiger partial charge in [0.05, 0.1) is 26.3 Å². The zero-order valence-electron chi connectivity index (χ0n) is 15.1. The van der Waals surface area contributed by atoms with Crippen molar-refractivity contribution in [1.29, 1.82) is 0 Å². The number of hydrogen-bond acceptors (Lipinski definition) is 8. The molecule has 0 radical (unpaired) electrons. The zero-order valence-corrected chi connectivity index (χ0v) is 17.5. The molecule has 0 aliphatic carbocycles. The van der Waals surface area contributed by atoms with Crippen LogP contribution in [-0.4, -0.2) is 26.0 Å². The van der Waals surface area contributed by atoms with E-state index in [9.17, 15) is 14.9 Å². The number of nitrogens with zero attached hydrogens (tertiary/aromatic N) is 3. The molecule has 11 heteroatoms. The number of rotatable bonds is 5. The third kappa shape index (κ3) is 4.03. The van der Waals surface area contributed by atoms with Crippen LogP contribution in [0.15, 0.2) is 23.4 Å². The molecule has 0 aliphatic rings. The molecule has 2 aromatic heterocycles. The highest BCUT2D eigenvalue weighted by molar-refractivity contribution is 8.00. The van der Waals surface area contributed by atoms with E-state index in [1.807, 2.05) is 13.8 Å². The van der Waals surface area contributed by atoms with E-state index >= 15 is 0 Å². The van der Waals surface area contributed by atoms with E-state index in [1.54, 1.807) is 6.92 Å². The molecular formula is C17H16ClN5O3S2. The van der Waals surface area contributed by atoms with Crippen molar-refractivity contribution in [2.24, 2.45) is 0 Å². The van der Waals surface area contributed by atoms with Crippen molar-refractivity contribution in [1.82, 2.24) is 9.97 Å². The Hall–Kier alpha value is -2.43. The van der Waals surface area contributed by atoms with Gasteiger partial charge in [0.25, 0.3) is 5.69 Å². The number of nitro groups is 1. The maximum atomic E-state index is 12.5. The number of aromatic nitrogens is 2. The van der Waals surface area contributed by atoms with Crippen LogP contribution in [0.25, 0.3) is 10.2 Å². The number of halogens is 1. The van der Waals surface area contributed by atoms with Crippen molar-refractivity contribution >= 4 is 68.0 Å². The van der Waals surface area contributed by atoms with Gasteiger partial charge < -0.3 is 11.1 Å². The van der Waals surface area contributed by atoms with E-state index < -0.39 is 10.2 Å². The van der Waals surface area contributed by atoms with Crippen LogP contribution in [-0.2, 0) is 4.79 Å². The number of nitrogens with two attached hydrogens (primary N) is 1. The van der Waals surface area contributed by atoms with Crippen LogP contribution in [0, 0.1) is 24.0 Å². The first-order valence-electron chi connectivity index (χ1n) is 8.12. The van der Waals surface area contributed by atoms with E-state index in [-0.39, 0.29) is 16.6 Å². The smallest absolute Gasteiger partial charge is 0.271 e. The second-order valence-electron chi connectivity index (χ2n) is 6.03. The minimum Gasteiger partial charge on any atom is -0.383 e. The number of carbonyl (C=O) groups excluding carboxylic acids is 1. The molecule has 0 fully saturated rings. The Kier molecular flexibility index (Phi) is 5.73. The molecule has 8 nitrogen and oxygen atoms in total. The van der Waals surface area contributed by atoms with Gasteiger partial charge in [-0.15, -0.1) is 11.3 Å². The van der Waals surface area contributed by atoms with Gasteiger partial charge in [0, 0.05) is 17.0 Å². The van der Waals surface area contributed by atoms with Crippen molar-refractivity contribution in [2.75, 3.05) is 11.1 Å². The van der Waals surface area contributed by atoms with Crippen molar-refractivity contribution in [3.63, 3.8) is 0 Å². The summed E-state index contributed by atoms with van der Waals surface area (Å²) >= 11 is 8.72. The fourth-order valence-electron chi connectivity index (χ4n) is 2.48. The number of nitrogens with one attached hydrogen (secondary N) is 1. The number of carbonyl (C=O) groups is 1. The number of nitrogen functional groups attached to an aromatic ring is 1. The number of benzene rings is 1. The summed E-state index contributed by atoms with van der Waals surface area (Å²) in [5.74, 6) is 0.0573. The Morgan fingerprint density at radius 2 is 2.11 bits per heavy atom. The van der Waals surface area contributed by atoms with Crippen molar-refractivity contribution in [3.05, 3.63) is 43.8 Å². The zero-order chi connectivity index (χ0) is 20.6. The van der Waals surface area contributed by atoms with Gasteiger partial charge in [0.15, 0.2) is 5.16 Å². The van der Waals surface area contributed by atoms with E-state index in [2.05, 4.69) is 15.3 Å². The minimum atomic E-state index is -0.554. The van der Waals surface area contributed by atoms with Gasteiger partial charge in [0.1, 0.15) is 10.6 Å². The fourth-order valence-corrected chi connectivity index (χ4v) is 4.57. The lowest BCUT2D eigenvalue weighted by atomic mass is 10.2. The van der Waals surface area contributed by atoms with Crippen molar-refractivity contribution in [3.8, 4) is 0 Å². The van der Waals surface area contributed by atoms with E-state index in [0.29, 0.717) is 16.7 Å². The number of hydrogen-bond donors (Lipinski definition) is 2. The first kappa shape index (κ1) is 20.3. The van der Waals surface area contributed by atoms with Crippen LogP contribution in [0.3, 0.4) is 0 Å². The third-order valence-corrected chi connectivity index (χ3v) is 6.48. The number of amides is 1. The van der Waals surface area contributed by atoms with E-state index in [4.69, 9.17) is 17.3 Å². The number of anilines is 2. The molecule has 1 atom stereocenters. The predicted molar refractivity (Wildman–Crippen MR) is 113 cm³/mol. The number of fused-ring (bicyclic) bond motifs is 1. The Morgan fingerprint density at radius 1 is 1.39 bits per heavy atom. The molecule has 0 saturated carbocycles. The number of thioether (sulfide) groups is 1. The topological polar surface area (TPSA) is 124 Å². The molecule has 146 valence electrons. The Labute approximate surface area is 173 Å². The quantitative estimate of drug-likeness (QED) is 0.259. The maximum absolute atomic E-state index is 12.5. The average Bonchev–Trinajstić information content (AvgIpc) is 2.90. The summed E-state index contributed by atoms with van der Waals surface area (Å²) in [5.41, 5.74) is 7.28. The second-order valence-corrected chi connectivity index (χ2v) is 8.94. The molecule has 1 unspecified atom stereocenters. The summed E-state index contributed by atoms with van der Waals surface area (Å²) < 4.78 is 0. The molecule has 28 heavy (non-hydrogen) atoms. The monoisotopic (exact) mass is 437 g/mol. The molecular weight excluding hydrogens is 422 g/mol. The number of nitro benzene ring substituents is 1. The standard InChI is InChI=1S/C17H16ClN5O3S2/c1-7-8(2)27-16-13(7)14(19)21-17(22-16)28-9(3)15(24)20-12-5-4-10(23(25)26)6-11(12)18/h4-6,9H,1-3H3,(H,20,24)(H2,19,21,22). The Bertz CT molecular complexity index is 1100. The second kappa shape index (κ2) is 7.90. The molecule has 0 aliphatic heterocycles. The Morgan fingerprint density at radius 3 is 2.75 bits per heavy atom. The Balaban J connectivity index is 1.76. The lowest BCUT2D eigenvalue weighted by Crippen LogP contribution is -2.23. The minimum absolute atomic E-state index is 0.0891. The highest BCUT2D eigenvalue weighted by Gasteiger charge is 2.20. The maximum Gasteiger partial charge on any atom is 0.271 e. The molecule has 2 heterocycles. The molecule has 0 saturated heterocycles. The van der Waals surface area contributed by atoms with Gasteiger partial charge in [0.2, 0.25) is 5.91 Å². The largest absolute Gasteiger partial charge is 0.383 e. The van der Waals surface area contributed by atoms with Crippen LogP contribution >= 0.6 is 34.7 Å². The molecule has 0 spiro atoms. The molecule has 3 N–H and O–H groups in total. The first-order valence-corrected chi connectivity index (χ1v) is 10.2. The highest BCUT2D eigenvalue weighted by atomic mass is 35.5. The predicted octanol–water partition coefficient (Wildman–Crippen LogP) is 4.57. The SMILES string of the molecule is Cc1sc2nc(SC(C)C(=O)Nc3ccc([N+](=O)[O-])cc3Cl)nc(N)c2c1C. The summed E-state index contributed by atoms with van der Waals surface area (Å²) in [7, 11) is 0. The van der Waals surface area contributed by atoms with Gasteiger partial charge in [-0.1, -0.05) is 23.4 Å². The van der Waals surface area contributed by atoms with Gasteiger partial charge in [-0.2, -0.15) is 0 Å². The molecule has 1 amide bonds. The number of thiophene rings is 1. The van der Waals surface area contributed by atoms with Crippen molar-refractivity contribution in [2.45, 2.75) is 31.2 Å². The van der Waals surface area contributed by atoms with Crippen LogP contribution in [0.1, 0.15) is 17.4 Å². The number of non-ortho nitro benzene ring substituents is 1. The fraction of sp³-hybridized carbons (Fsp3) is 0.235. The summed E-state index contributed by atoms with van der Waals surface area (Å²) in [6.45, 7) is 5.68. The molecule has 0 bridgehead atoms. The first-order chi connectivity index (χ1) is 13.2. The summed E-state index contributed by atoms with van der Waals surface area (Å²) in [4.78, 5) is 33.4. The van der Waals surface area contributed by atoms with Crippen molar-refractivity contribution < 1.29 is 9.72 Å². The highest BCUT2D eigenvalue weighted by Crippen LogP contribution is 2.34. The number of aryl methyl sites for hydroxylation is 2. The van der Waals surface area contributed by atoms with Gasteiger partial charge >= 0.3 is 0 Å². The van der Waals surface area contributed by atoms with Gasteiger partial charge in [-0.05, 0) is 32.4 Å². The van der Waals surface area contributed by atoms with E-state index in [1.165, 1.54) is 41.3 Å². The summed E-state index contributed by atoms with van der Waals surface area (Å²) in [5, 5.41) is 14.2. The van der Waals surface area contributed by atoms with Gasteiger partial charge in [-0.25, -0.2) is 9.97 Å². The summed E-state index contributed by atoms with van der Waals surface area (Å²) in [6.07, 6.45) is 0. The average molecular weight is 438 g/mol. The molecule has 3 aromatic rings. The third-order valence-electron chi connectivity index (χ3n) is 4.11. The normalized spacial score (nSPS) is 12.1. The van der Waals surface area contributed by atoms with Crippen LogP contribution in [0.5, 0.6) is 0 Å². The van der Waals surface area contributed by atoms with Crippen LogP contribution < -0.4 is 11.1 Å². The van der Waals surface area contributed by atoms with E-state index in [0.717, 1.165) is 20.7 Å². The van der Waals surface area contributed by atoms with Crippen LogP contribution in [0.4, 0.5) is 17.2 Å². The lowest BCUT2D eigenvalue weighted by Gasteiger charge is -2.12. The molecule has 3 rings (SSSR count). The molecule has 1 aromatic carbocycles. The lowest BCUT2D eigenvalue weighted by molar-refractivity contribution is -0.384. The summed E-state index contributed by atoms with van der Waals surface area (Å²) in [6, 6.07) is 3.86.